The Morgan fingerprint density at radius 1 is 0.559 bits per heavy atom. The molecule has 2 aromatic heterocycles. The van der Waals surface area contributed by atoms with Crippen molar-refractivity contribution in [2.75, 3.05) is 5.32 Å². The first-order valence-electron chi connectivity index (χ1n) is 19.0. The van der Waals surface area contributed by atoms with Crippen molar-refractivity contribution >= 4 is 39.2 Å². The summed E-state index contributed by atoms with van der Waals surface area (Å²) < 4.78 is 0. The summed E-state index contributed by atoms with van der Waals surface area (Å²) in [5.74, 6) is -0.846. The number of hydrogen-bond donors (Lipinski definition) is 1. The predicted molar refractivity (Wildman–Crippen MR) is 231 cm³/mol. The van der Waals surface area contributed by atoms with Crippen LogP contribution in [0, 0.1) is 0 Å². The molecule has 7 aromatic carbocycles. The van der Waals surface area contributed by atoms with Crippen molar-refractivity contribution in [3.8, 4) is 0 Å². The van der Waals surface area contributed by atoms with E-state index in [2.05, 4.69) is 52.0 Å². The van der Waals surface area contributed by atoms with Gasteiger partial charge in [-0.25, -0.2) is 9.78 Å². The van der Waals surface area contributed by atoms with Gasteiger partial charge >= 0.3 is 5.97 Å². The van der Waals surface area contributed by atoms with Crippen LogP contribution in [0.2, 0.25) is 0 Å². The lowest BCUT2D eigenvalue weighted by molar-refractivity contribution is -0.137. The second-order valence-corrected chi connectivity index (χ2v) is 14.5. The van der Waals surface area contributed by atoms with Gasteiger partial charge in [0, 0.05) is 22.1 Å². The molecule has 10 heteroatoms. The molecule has 0 atom stereocenters. The fourth-order valence-corrected chi connectivity index (χ4v) is 8.15. The van der Waals surface area contributed by atoms with E-state index < -0.39 is 17.1 Å². The molecule has 0 aliphatic carbocycles. The lowest BCUT2D eigenvalue weighted by Crippen LogP contribution is -2.38. The van der Waals surface area contributed by atoms with Crippen LogP contribution in [0.1, 0.15) is 39.1 Å². The Hall–Kier alpha value is -7.69. The van der Waals surface area contributed by atoms with Gasteiger partial charge in [-0.05, 0) is 34.0 Å². The smallest absolute Gasteiger partial charge is 0.374 e. The first-order chi connectivity index (χ1) is 29.1. The topological polar surface area (TPSA) is 104 Å². The number of rotatable bonds is 13. The van der Waals surface area contributed by atoms with Gasteiger partial charge in [0.2, 0.25) is 11.3 Å². The van der Waals surface area contributed by atoms with Gasteiger partial charge in [0.25, 0.3) is 0 Å². The summed E-state index contributed by atoms with van der Waals surface area (Å²) in [5.41, 5.74) is 4.39. The van der Waals surface area contributed by atoms with Crippen molar-refractivity contribution in [2.24, 2.45) is 5.16 Å². The molecule has 9 rings (SSSR count). The number of oxime groups is 1. The highest BCUT2D eigenvalue weighted by atomic mass is 32.1. The number of nitrogens with one attached hydrogen (secondary N) is 1. The Morgan fingerprint density at radius 3 is 1.46 bits per heavy atom. The number of carbonyl (C=O) groups is 1. The van der Waals surface area contributed by atoms with Crippen LogP contribution < -0.4 is 10.2 Å². The molecule has 0 aliphatic heterocycles. The number of anilines is 1. The lowest BCUT2D eigenvalue weighted by Gasteiger charge is -2.36. The van der Waals surface area contributed by atoms with Crippen molar-refractivity contribution in [3.63, 3.8) is 0 Å². The summed E-state index contributed by atoms with van der Waals surface area (Å²) in [4.78, 5) is 33.5. The fraction of sp³-hybridized carbons (Fsp3) is 0.0408. The third-order valence-electron chi connectivity index (χ3n) is 10.2. The minimum absolute atomic E-state index is 0.175. The van der Waals surface area contributed by atoms with Crippen molar-refractivity contribution in [1.82, 2.24) is 20.1 Å². The number of aromatic nitrogens is 4. The van der Waals surface area contributed by atoms with E-state index in [1.54, 1.807) is 17.5 Å². The highest BCUT2D eigenvalue weighted by Crippen LogP contribution is 2.42. The number of para-hydroxylation sites is 1. The maximum absolute atomic E-state index is 14.6. The van der Waals surface area contributed by atoms with Crippen molar-refractivity contribution in [2.45, 2.75) is 11.1 Å². The maximum Gasteiger partial charge on any atom is 0.389 e. The first-order valence-corrected chi connectivity index (χ1v) is 19.9. The highest BCUT2D eigenvalue weighted by Gasteiger charge is 2.41. The largest absolute Gasteiger partial charge is 0.389 e. The molecule has 0 amide bonds. The molecule has 0 bridgehead atoms. The van der Waals surface area contributed by atoms with E-state index in [0.717, 1.165) is 38.2 Å². The zero-order valence-corrected chi connectivity index (χ0v) is 32.4. The van der Waals surface area contributed by atoms with E-state index in [4.69, 9.17) is 19.8 Å². The van der Waals surface area contributed by atoms with Crippen LogP contribution in [-0.4, -0.2) is 31.8 Å². The van der Waals surface area contributed by atoms with Gasteiger partial charge in [0.05, 0.1) is 0 Å². The van der Waals surface area contributed by atoms with E-state index in [1.165, 1.54) is 11.3 Å². The molecule has 0 fully saturated rings. The fourth-order valence-electron chi connectivity index (χ4n) is 7.40. The molecule has 0 unspecified atom stereocenters. The number of fused-ring (bicyclic) bond motifs is 1. The summed E-state index contributed by atoms with van der Waals surface area (Å²) in [6.45, 7) is 0. The Kier molecular flexibility index (Phi) is 10.3. The van der Waals surface area contributed by atoms with E-state index in [1.807, 2.05) is 158 Å². The molecule has 0 spiro atoms. The predicted octanol–water partition coefficient (Wildman–Crippen LogP) is 9.66. The Labute approximate surface area is 344 Å². The number of benzene rings is 7. The monoisotopic (exact) mass is 788 g/mol. The summed E-state index contributed by atoms with van der Waals surface area (Å²) in [6, 6.07) is 67.4. The molecule has 0 aliphatic rings. The molecule has 2 heterocycles. The highest BCUT2D eigenvalue weighted by molar-refractivity contribution is 7.14. The Morgan fingerprint density at radius 2 is 0.983 bits per heavy atom. The molecular weight excluding hydrogens is 753 g/mol. The second kappa shape index (κ2) is 16.4. The number of thiazole rings is 1. The van der Waals surface area contributed by atoms with Crippen LogP contribution in [0.5, 0.6) is 0 Å². The SMILES string of the molecule is O=C(On1nnc2ccccc21)/C(=N\OC(c1ccccc1)(c1ccccc1)c1ccccc1)c1csc(NC(c2ccccc2)(c2ccccc2)c2ccccc2)n1. The summed E-state index contributed by atoms with van der Waals surface area (Å²) >= 11 is 1.34. The zero-order valence-electron chi connectivity index (χ0n) is 31.6. The third kappa shape index (κ3) is 7.13. The molecule has 9 nitrogen and oxygen atoms in total. The van der Waals surface area contributed by atoms with Gasteiger partial charge in [0.15, 0.2) is 5.13 Å². The van der Waals surface area contributed by atoms with Gasteiger partial charge in [-0.3, -0.25) is 0 Å². The molecule has 0 radical (unpaired) electrons. The van der Waals surface area contributed by atoms with Crippen molar-refractivity contribution in [1.29, 1.82) is 0 Å². The number of nitrogens with zero attached hydrogens (tertiary/aromatic N) is 5. The normalized spacial score (nSPS) is 11.9. The number of carbonyl (C=O) groups excluding carboxylic acids is 1. The third-order valence-corrected chi connectivity index (χ3v) is 10.9. The van der Waals surface area contributed by atoms with Gasteiger partial charge in [-0.15, -0.1) is 16.4 Å². The van der Waals surface area contributed by atoms with Crippen LogP contribution in [0.25, 0.3) is 11.0 Å². The molecule has 9 aromatic rings. The molecule has 0 saturated heterocycles. The minimum Gasteiger partial charge on any atom is -0.374 e. The first kappa shape index (κ1) is 36.9. The van der Waals surface area contributed by atoms with E-state index in [0.29, 0.717) is 16.2 Å². The van der Waals surface area contributed by atoms with Crippen LogP contribution in [0.3, 0.4) is 0 Å². The summed E-state index contributed by atoms with van der Waals surface area (Å²) in [5, 5.41) is 19.1. The van der Waals surface area contributed by atoms with E-state index >= 15 is 0 Å². The summed E-state index contributed by atoms with van der Waals surface area (Å²) in [7, 11) is 0. The van der Waals surface area contributed by atoms with Crippen LogP contribution in [0.15, 0.2) is 217 Å². The summed E-state index contributed by atoms with van der Waals surface area (Å²) in [6.07, 6.45) is 0. The zero-order chi connectivity index (χ0) is 39.9. The standard InChI is InChI=1S/C49H36N6O3S/c56-46(57-55-44-34-20-19-33-42(44)52-54-55)45(53-58-49(39-27-13-4-14-28-39,40-29-15-5-16-30-40)41-31-17-6-18-32-41)43-35-59-47(50-43)51-48(36-21-7-1-8-22-36,37-23-9-2-10-24-37)38-25-11-3-12-26-38/h1-35H,(H,50,51)/b53-45-. The van der Waals surface area contributed by atoms with Gasteiger partial charge < -0.3 is 15.0 Å². The van der Waals surface area contributed by atoms with Gasteiger partial charge in [-0.2, -0.15) is 0 Å². The quantitative estimate of drug-likeness (QED) is 0.0537. The molecule has 1 N–H and O–H groups in total. The van der Waals surface area contributed by atoms with Gasteiger partial charge in [-0.1, -0.05) is 204 Å². The maximum atomic E-state index is 14.6. The average Bonchev–Trinajstić information content (AvgIpc) is 3.95. The number of hydrogen-bond acceptors (Lipinski definition) is 9. The van der Waals surface area contributed by atoms with Crippen LogP contribution in [0.4, 0.5) is 5.13 Å². The van der Waals surface area contributed by atoms with E-state index in [9.17, 15) is 4.79 Å². The lowest BCUT2D eigenvalue weighted by atomic mass is 9.77. The van der Waals surface area contributed by atoms with Gasteiger partial charge in [0.1, 0.15) is 22.3 Å². The molecular formula is C49H36N6O3S. The molecule has 0 saturated carbocycles. The van der Waals surface area contributed by atoms with Crippen molar-refractivity contribution < 1.29 is 14.5 Å². The van der Waals surface area contributed by atoms with Crippen LogP contribution >= 0.6 is 11.3 Å². The minimum atomic E-state index is -1.28. The molecule has 59 heavy (non-hydrogen) atoms. The van der Waals surface area contributed by atoms with E-state index in [-0.39, 0.29) is 11.4 Å². The molecule has 286 valence electrons. The van der Waals surface area contributed by atoms with Crippen LogP contribution in [-0.2, 0) is 20.8 Å². The Bertz CT molecular complexity index is 2620. The van der Waals surface area contributed by atoms with Crippen molar-refractivity contribution in [3.05, 3.63) is 251 Å². The average molecular weight is 789 g/mol. The second-order valence-electron chi connectivity index (χ2n) is 13.7. The Balaban J connectivity index is 1.20.